The maximum Gasteiger partial charge on any atom is 0.291 e. The number of aromatic nitrogens is 2. The standard InChI is InChI=1S/C21H28N4O2/c1-5-24(6-2)21(27)18-16-12-7-8-13-25(16)19(22-18)20(26)23-17-14(3)10-9-11-15(17)4/h9-11H,5-8,12-13H2,1-4H3,(H,23,26). The molecule has 1 aliphatic rings. The van der Waals surface area contributed by atoms with Crippen LogP contribution in [-0.2, 0) is 13.0 Å². The maximum absolute atomic E-state index is 13.0. The van der Waals surface area contributed by atoms with Crippen LogP contribution in [-0.4, -0.2) is 39.4 Å². The predicted octanol–water partition coefficient (Wildman–Crippen LogP) is 3.57. The number of para-hydroxylation sites is 1. The van der Waals surface area contributed by atoms with Crippen molar-refractivity contribution in [1.82, 2.24) is 14.5 Å². The number of benzene rings is 1. The molecule has 27 heavy (non-hydrogen) atoms. The summed E-state index contributed by atoms with van der Waals surface area (Å²) in [6.45, 7) is 9.84. The fraction of sp³-hybridized carbons (Fsp3) is 0.476. The third-order valence-corrected chi connectivity index (χ3v) is 5.29. The number of nitrogens with one attached hydrogen (secondary N) is 1. The fourth-order valence-corrected chi connectivity index (χ4v) is 3.73. The van der Waals surface area contributed by atoms with E-state index < -0.39 is 0 Å². The second-order valence-electron chi connectivity index (χ2n) is 7.04. The van der Waals surface area contributed by atoms with Gasteiger partial charge >= 0.3 is 0 Å². The molecule has 1 N–H and O–H groups in total. The Bertz CT molecular complexity index is 845. The van der Waals surface area contributed by atoms with Crippen molar-refractivity contribution in [3.05, 3.63) is 46.5 Å². The number of amides is 2. The van der Waals surface area contributed by atoms with Crippen LogP contribution in [0.5, 0.6) is 0 Å². The molecule has 2 aromatic rings. The predicted molar refractivity (Wildman–Crippen MR) is 106 cm³/mol. The first-order chi connectivity index (χ1) is 13.0. The first-order valence-electron chi connectivity index (χ1n) is 9.74. The number of anilines is 1. The van der Waals surface area contributed by atoms with E-state index in [0.717, 1.165) is 48.3 Å². The first kappa shape index (κ1) is 19.1. The largest absolute Gasteiger partial charge is 0.338 e. The van der Waals surface area contributed by atoms with Crippen molar-refractivity contribution in [1.29, 1.82) is 0 Å². The lowest BCUT2D eigenvalue weighted by atomic mass is 10.1. The molecule has 2 amide bonds. The number of nitrogens with zero attached hydrogens (tertiary/aromatic N) is 3. The fourth-order valence-electron chi connectivity index (χ4n) is 3.73. The lowest BCUT2D eigenvalue weighted by Crippen LogP contribution is -2.31. The summed E-state index contributed by atoms with van der Waals surface area (Å²) in [5, 5.41) is 3.01. The van der Waals surface area contributed by atoms with Crippen molar-refractivity contribution < 1.29 is 9.59 Å². The summed E-state index contributed by atoms with van der Waals surface area (Å²) < 4.78 is 1.93. The van der Waals surface area contributed by atoms with Crippen LogP contribution in [0.15, 0.2) is 18.2 Å². The molecule has 0 radical (unpaired) electrons. The zero-order valence-electron chi connectivity index (χ0n) is 16.6. The van der Waals surface area contributed by atoms with E-state index in [9.17, 15) is 9.59 Å². The van der Waals surface area contributed by atoms with E-state index in [1.807, 2.05) is 50.5 Å². The van der Waals surface area contributed by atoms with Gasteiger partial charge in [0.05, 0.1) is 5.69 Å². The lowest BCUT2D eigenvalue weighted by molar-refractivity contribution is 0.0766. The molecule has 1 aromatic carbocycles. The van der Waals surface area contributed by atoms with Crippen molar-refractivity contribution in [2.45, 2.75) is 53.5 Å². The van der Waals surface area contributed by atoms with Gasteiger partial charge in [0.1, 0.15) is 5.69 Å². The van der Waals surface area contributed by atoms with Crippen molar-refractivity contribution in [2.24, 2.45) is 0 Å². The van der Waals surface area contributed by atoms with Gasteiger partial charge in [-0.15, -0.1) is 0 Å². The highest BCUT2D eigenvalue weighted by Gasteiger charge is 2.29. The molecule has 0 spiro atoms. The summed E-state index contributed by atoms with van der Waals surface area (Å²) in [5.41, 5.74) is 4.16. The highest BCUT2D eigenvalue weighted by atomic mass is 16.2. The molecule has 0 aliphatic carbocycles. The molecule has 0 saturated carbocycles. The van der Waals surface area contributed by atoms with E-state index >= 15 is 0 Å². The normalized spacial score (nSPS) is 13.2. The highest BCUT2D eigenvalue weighted by molar-refractivity contribution is 6.04. The monoisotopic (exact) mass is 368 g/mol. The lowest BCUT2D eigenvalue weighted by Gasteiger charge is -2.20. The Labute approximate surface area is 160 Å². The molecule has 6 heteroatoms. The molecule has 6 nitrogen and oxygen atoms in total. The van der Waals surface area contributed by atoms with Gasteiger partial charge in [-0.1, -0.05) is 18.2 Å². The van der Waals surface area contributed by atoms with Crippen LogP contribution >= 0.6 is 0 Å². The summed E-state index contributed by atoms with van der Waals surface area (Å²) in [4.78, 5) is 32.2. The van der Waals surface area contributed by atoms with Gasteiger partial charge in [-0.2, -0.15) is 0 Å². The van der Waals surface area contributed by atoms with Crippen molar-refractivity contribution in [3.63, 3.8) is 0 Å². The van der Waals surface area contributed by atoms with E-state index in [2.05, 4.69) is 10.3 Å². The molecule has 144 valence electrons. The molecule has 0 saturated heterocycles. The molecular formula is C21H28N4O2. The van der Waals surface area contributed by atoms with E-state index in [4.69, 9.17) is 0 Å². The molecule has 2 heterocycles. The summed E-state index contributed by atoms with van der Waals surface area (Å²) >= 11 is 0. The Morgan fingerprint density at radius 1 is 1.15 bits per heavy atom. The Balaban J connectivity index is 1.98. The van der Waals surface area contributed by atoms with E-state index in [1.54, 1.807) is 4.90 Å². The topological polar surface area (TPSA) is 67.2 Å². The second kappa shape index (κ2) is 7.94. The van der Waals surface area contributed by atoms with Gasteiger partial charge in [0.15, 0.2) is 5.82 Å². The third-order valence-electron chi connectivity index (χ3n) is 5.29. The zero-order valence-corrected chi connectivity index (χ0v) is 16.6. The van der Waals surface area contributed by atoms with E-state index in [1.165, 1.54) is 0 Å². The summed E-state index contributed by atoms with van der Waals surface area (Å²) in [6.07, 6.45) is 2.79. The maximum atomic E-state index is 13.0. The number of carbonyl (C=O) groups excluding carboxylic acids is 2. The van der Waals surface area contributed by atoms with Crippen LogP contribution in [0.2, 0.25) is 0 Å². The highest BCUT2D eigenvalue weighted by Crippen LogP contribution is 2.25. The summed E-state index contributed by atoms with van der Waals surface area (Å²) in [6, 6.07) is 5.91. The Morgan fingerprint density at radius 3 is 2.44 bits per heavy atom. The number of rotatable bonds is 5. The number of aryl methyl sites for hydroxylation is 2. The van der Waals surface area contributed by atoms with Crippen LogP contribution < -0.4 is 5.32 Å². The minimum Gasteiger partial charge on any atom is -0.338 e. The van der Waals surface area contributed by atoms with Crippen molar-refractivity contribution in [3.8, 4) is 0 Å². The summed E-state index contributed by atoms with van der Waals surface area (Å²) in [5.74, 6) is -0.00576. The first-order valence-corrected chi connectivity index (χ1v) is 9.74. The Kier molecular flexibility index (Phi) is 5.63. The van der Waals surface area contributed by atoms with Gasteiger partial charge < -0.3 is 14.8 Å². The molecule has 3 rings (SSSR count). The van der Waals surface area contributed by atoms with Crippen molar-refractivity contribution >= 4 is 17.5 Å². The number of imidazole rings is 1. The average Bonchev–Trinajstić information content (AvgIpc) is 3.05. The van der Waals surface area contributed by atoms with Gasteiger partial charge in [0, 0.05) is 25.3 Å². The summed E-state index contributed by atoms with van der Waals surface area (Å²) in [7, 11) is 0. The molecule has 0 atom stereocenters. The number of hydrogen-bond donors (Lipinski definition) is 1. The molecule has 0 bridgehead atoms. The third kappa shape index (κ3) is 3.61. The minimum absolute atomic E-state index is 0.0863. The Morgan fingerprint density at radius 2 is 1.81 bits per heavy atom. The molecule has 0 fully saturated rings. The number of hydrogen-bond acceptors (Lipinski definition) is 3. The quantitative estimate of drug-likeness (QED) is 0.877. The van der Waals surface area contributed by atoms with Gasteiger partial charge in [0.25, 0.3) is 11.8 Å². The van der Waals surface area contributed by atoms with Crippen molar-refractivity contribution in [2.75, 3.05) is 18.4 Å². The molecular weight excluding hydrogens is 340 g/mol. The van der Waals surface area contributed by atoms with Crippen LogP contribution in [0, 0.1) is 13.8 Å². The van der Waals surface area contributed by atoms with Crippen LogP contribution in [0.4, 0.5) is 5.69 Å². The smallest absolute Gasteiger partial charge is 0.291 e. The molecule has 1 aromatic heterocycles. The average molecular weight is 368 g/mol. The SMILES string of the molecule is CCN(CC)C(=O)c1nc(C(=O)Nc2c(C)cccc2C)n2c1CCCC2. The Hall–Kier alpha value is -2.63. The number of carbonyl (C=O) groups is 2. The second-order valence-corrected chi connectivity index (χ2v) is 7.04. The van der Waals surface area contributed by atoms with E-state index in [0.29, 0.717) is 24.6 Å². The van der Waals surface area contributed by atoms with Crippen LogP contribution in [0.1, 0.15) is 64.6 Å². The van der Waals surface area contributed by atoms with Crippen LogP contribution in [0.3, 0.4) is 0 Å². The van der Waals surface area contributed by atoms with Gasteiger partial charge in [0.2, 0.25) is 0 Å². The van der Waals surface area contributed by atoms with Crippen LogP contribution in [0.25, 0.3) is 0 Å². The van der Waals surface area contributed by atoms with Gasteiger partial charge in [-0.05, 0) is 58.1 Å². The van der Waals surface area contributed by atoms with Gasteiger partial charge in [-0.25, -0.2) is 4.98 Å². The molecule has 0 unspecified atom stereocenters. The van der Waals surface area contributed by atoms with Gasteiger partial charge in [-0.3, -0.25) is 9.59 Å². The molecule has 1 aliphatic heterocycles. The minimum atomic E-state index is -0.255. The van der Waals surface area contributed by atoms with E-state index in [-0.39, 0.29) is 11.8 Å². The number of fused-ring (bicyclic) bond motifs is 1. The zero-order chi connectivity index (χ0) is 19.6.